The predicted octanol–water partition coefficient (Wildman–Crippen LogP) is -0.220. The molecule has 9 nitrogen and oxygen atoms in total. The van der Waals surface area contributed by atoms with Crippen molar-refractivity contribution in [2.24, 2.45) is 0 Å². The molecule has 0 radical (unpaired) electrons. The highest BCUT2D eigenvalue weighted by atomic mass is 19.1. The van der Waals surface area contributed by atoms with E-state index in [1.54, 1.807) is 11.5 Å². The second kappa shape index (κ2) is 7.70. The van der Waals surface area contributed by atoms with Gasteiger partial charge in [0.05, 0.1) is 5.39 Å². The zero-order valence-electron chi connectivity index (χ0n) is 14.8. The highest BCUT2D eigenvalue weighted by Crippen LogP contribution is 2.21. The van der Waals surface area contributed by atoms with Crippen molar-refractivity contribution in [3.8, 4) is 0 Å². The average molecular weight is 377 g/mol. The number of aliphatic carboxylic acids is 1. The first-order chi connectivity index (χ1) is 12.9. The first kappa shape index (κ1) is 18.8. The predicted molar refractivity (Wildman–Crippen MR) is 96.7 cm³/mol. The molecule has 3 rings (SSSR count). The van der Waals surface area contributed by atoms with Gasteiger partial charge in [0.15, 0.2) is 11.6 Å². The molecule has 0 bridgehead atoms. The van der Waals surface area contributed by atoms with Gasteiger partial charge in [-0.15, -0.1) is 0 Å². The number of rotatable bonds is 5. The SMILES string of the molecule is CCn1cc(C(=O)NCC(=O)O)c(=O)c2cc(F)c(N3CCNCC3)nc21. The molecule has 0 aromatic carbocycles. The van der Waals surface area contributed by atoms with Crippen LogP contribution in [0.5, 0.6) is 0 Å². The molecule has 3 N–H and O–H groups in total. The molecular weight excluding hydrogens is 357 g/mol. The van der Waals surface area contributed by atoms with Gasteiger partial charge in [0.1, 0.15) is 17.8 Å². The van der Waals surface area contributed by atoms with Crippen LogP contribution in [0.3, 0.4) is 0 Å². The van der Waals surface area contributed by atoms with Crippen molar-refractivity contribution in [3.63, 3.8) is 0 Å². The van der Waals surface area contributed by atoms with Gasteiger partial charge in [-0.2, -0.15) is 0 Å². The fourth-order valence-corrected chi connectivity index (χ4v) is 3.03. The third-order valence-electron chi connectivity index (χ3n) is 4.39. The summed E-state index contributed by atoms with van der Waals surface area (Å²) in [4.78, 5) is 41.6. The lowest BCUT2D eigenvalue weighted by atomic mass is 10.1. The number of carbonyl (C=O) groups excluding carboxylic acids is 1. The van der Waals surface area contributed by atoms with Gasteiger partial charge < -0.3 is 25.2 Å². The fraction of sp³-hybridized carbons (Fsp3) is 0.412. The molecule has 0 spiro atoms. The van der Waals surface area contributed by atoms with Crippen molar-refractivity contribution in [2.75, 3.05) is 37.6 Å². The molecule has 1 aliphatic heterocycles. The molecule has 2 aromatic rings. The van der Waals surface area contributed by atoms with Gasteiger partial charge in [0.25, 0.3) is 5.91 Å². The largest absolute Gasteiger partial charge is 0.480 e. The Balaban J connectivity index is 2.10. The van der Waals surface area contributed by atoms with Crippen molar-refractivity contribution in [1.82, 2.24) is 20.2 Å². The number of pyridine rings is 2. The number of piperazine rings is 1. The van der Waals surface area contributed by atoms with Gasteiger partial charge in [0.2, 0.25) is 5.43 Å². The van der Waals surface area contributed by atoms with E-state index in [1.165, 1.54) is 6.20 Å². The molecule has 0 atom stereocenters. The molecular formula is C17H20FN5O4. The number of carboxylic acids is 1. The Kier molecular flexibility index (Phi) is 5.36. The fourth-order valence-electron chi connectivity index (χ4n) is 3.03. The third kappa shape index (κ3) is 3.75. The molecule has 1 fully saturated rings. The van der Waals surface area contributed by atoms with Crippen LogP contribution in [0.4, 0.5) is 10.2 Å². The first-order valence-corrected chi connectivity index (χ1v) is 8.61. The minimum atomic E-state index is -1.23. The van der Waals surface area contributed by atoms with Crippen LogP contribution in [0.15, 0.2) is 17.1 Å². The van der Waals surface area contributed by atoms with Gasteiger partial charge in [-0.1, -0.05) is 0 Å². The van der Waals surface area contributed by atoms with E-state index in [1.807, 2.05) is 4.90 Å². The zero-order chi connectivity index (χ0) is 19.6. The molecule has 0 aliphatic carbocycles. The Morgan fingerprint density at radius 3 is 2.70 bits per heavy atom. The average Bonchev–Trinajstić information content (AvgIpc) is 2.67. The summed E-state index contributed by atoms with van der Waals surface area (Å²) < 4.78 is 16.2. The van der Waals surface area contributed by atoms with E-state index < -0.39 is 29.7 Å². The van der Waals surface area contributed by atoms with Crippen LogP contribution in [0.25, 0.3) is 11.0 Å². The number of carboxylic acid groups (broad SMARTS) is 1. The van der Waals surface area contributed by atoms with E-state index in [9.17, 15) is 18.8 Å². The zero-order valence-corrected chi connectivity index (χ0v) is 14.8. The maximum atomic E-state index is 14.7. The van der Waals surface area contributed by atoms with E-state index in [4.69, 9.17) is 5.11 Å². The minimum Gasteiger partial charge on any atom is -0.480 e. The van der Waals surface area contributed by atoms with E-state index in [0.29, 0.717) is 32.7 Å². The van der Waals surface area contributed by atoms with Crippen LogP contribution < -0.4 is 21.0 Å². The summed E-state index contributed by atoms with van der Waals surface area (Å²) in [5.74, 6) is -2.51. The molecule has 0 unspecified atom stereocenters. The summed E-state index contributed by atoms with van der Waals surface area (Å²) in [6.07, 6.45) is 1.33. The van der Waals surface area contributed by atoms with Crippen LogP contribution in [-0.2, 0) is 11.3 Å². The normalized spacial score (nSPS) is 14.4. The first-order valence-electron chi connectivity index (χ1n) is 8.61. The quantitative estimate of drug-likeness (QED) is 0.660. The van der Waals surface area contributed by atoms with Crippen molar-refractivity contribution >= 4 is 28.7 Å². The third-order valence-corrected chi connectivity index (χ3v) is 4.39. The highest BCUT2D eigenvalue weighted by molar-refractivity contribution is 5.98. The standard InChI is InChI=1S/C17H20FN5O4/c1-2-22-9-11(17(27)20-8-13(24)25)14(26)10-7-12(18)16(21-15(10)22)23-5-3-19-4-6-23/h7,9,19H,2-6,8H2,1H3,(H,20,27)(H,24,25). The van der Waals surface area contributed by atoms with E-state index in [0.717, 1.165) is 6.07 Å². The summed E-state index contributed by atoms with van der Waals surface area (Å²) >= 11 is 0. The van der Waals surface area contributed by atoms with Crippen LogP contribution in [0.1, 0.15) is 17.3 Å². The maximum absolute atomic E-state index is 14.7. The Morgan fingerprint density at radius 2 is 2.07 bits per heavy atom. The topological polar surface area (TPSA) is 117 Å². The number of aryl methyl sites for hydroxylation is 1. The summed E-state index contributed by atoms with van der Waals surface area (Å²) in [5.41, 5.74) is -0.648. The molecule has 144 valence electrons. The highest BCUT2D eigenvalue weighted by Gasteiger charge is 2.21. The number of nitrogens with zero attached hydrogens (tertiary/aromatic N) is 3. The van der Waals surface area contributed by atoms with Crippen molar-refractivity contribution in [3.05, 3.63) is 33.9 Å². The van der Waals surface area contributed by atoms with Crippen molar-refractivity contribution in [2.45, 2.75) is 13.5 Å². The number of fused-ring (bicyclic) bond motifs is 1. The van der Waals surface area contributed by atoms with E-state index in [2.05, 4.69) is 15.6 Å². The van der Waals surface area contributed by atoms with E-state index >= 15 is 0 Å². The molecule has 3 heterocycles. The van der Waals surface area contributed by atoms with Gasteiger partial charge in [-0.3, -0.25) is 14.4 Å². The number of anilines is 1. The van der Waals surface area contributed by atoms with Crippen LogP contribution >= 0.6 is 0 Å². The van der Waals surface area contributed by atoms with E-state index in [-0.39, 0.29) is 22.4 Å². The summed E-state index contributed by atoms with van der Waals surface area (Å²) in [6, 6.07) is 1.10. The smallest absolute Gasteiger partial charge is 0.322 e. The van der Waals surface area contributed by atoms with Gasteiger partial charge in [0, 0.05) is 38.9 Å². The lowest BCUT2D eigenvalue weighted by Crippen LogP contribution is -2.44. The van der Waals surface area contributed by atoms with Crippen molar-refractivity contribution in [1.29, 1.82) is 0 Å². The second-order valence-corrected chi connectivity index (χ2v) is 6.14. The number of aromatic nitrogens is 2. The maximum Gasteiger partial charge on any atom is 0.322 e. The monoisotopic (exact) mass is 377 g/mol. The molecule has 1 aliphatic rings. The minimum absolute atomic E-state index is 0.0174. The Labute approximate surface area is 153 Å². The summed E-state index contributed by atoms with van der Waals surface area (Å²) in [6.45, 7) is 4.21. The molecule has 10 heteroatoms. The van der Waals surface area contributed by atoms with Gasteiger partial charge >= 0.3 is 5.97 Å². The molecule has 1 amide bonds. The summed E-state index contributed by atoms with van der Waals surface area (Å²) in [5, 5.41) is 14.0. The number of carbonyl (C=O) groups is 2. The Hall–Kier alpha value is -3.01. The number of hydrogen-bond acceptors (Lipinski definition) is 6. The number of amides is 1. The van der Waals surface area contributed by atoms with Crippen LogP contribution in [-0.4, -0.2) is 59.3 Å². The number of nitrogens with one attached hydrogen (secondary N) is 2. The second-order valence-electron chi connectivity index (χ2n) is 6.14. The molecule has 27 heavy (non-hydrogen) atoms. The van der Waals surface area contributed by atoms with Gasteiger partial charge in [-0.25, -0.2) is 9.37 Å². The Bertz CT molecular complexity index is 952. The van der Waals surface area contributed by atoms with Crippen LogP contribution in [0.2, 0.25) is 0 Å². The number of halogens is 1. The lowest BCUT2D eigenvalue weighted by molar-refractivity contribution is -0.135. The Morgan fingerprint density at radius 1 is 1.37 bits per heavy atom. The molecule has 1 saturated heterocycles. The molecule has 0 saturated carbocycles. The molecule has 2 aromatic heterocycles. The van der Waals surface area contributed by atoms with Crippen molar-refractivity contribution < 1.29 is 19.1 Å². The lowest BCUT2D eigenvalue weighted by Gasteiger charge is -2.29. The van der Waals surface area contributed by atoms with Gasteiger partial charge in [-0.05, 0) is 13.0 Å². The van der Waals surface area contributed by atoms with Crippen LogP contribution in [0, 0.1) is 5.82 Å². The number of hydrogen-bond donors (Lipinski definition) is 3. The summed E-state index contributed by atoms with van der Waals surface area (Å²) in [7, 11) is 0.